The van der Waals surface area contributed by atoms with Crippen molar-refractivity contribution in [2.45, 2.75) is 0 Å². The molecular formula is C11H11BrN2. The Kier molecular flexibility index (Phi) is 2.42. The SMILES string of the molecule is C=C(CBr)c1ccc2c(c1)ncn2C. The van der Waals surface area contributed by atoms with E-state index in [1.165, 1.54) is 0 Å². The molecule has 2 nitrogen and oxygen atoms in total. The van der Waals surface area contributed by atoms with Gasteiger partial charge in [0.2, 0.25) is 0 Å². The maximum absolute atomic E-state index is 4.30. The van der Waals surface area contributed by atoms with Gasteiger partial charge in [-0.15, -0.1) is 0 Å². The number of hydrogen-bond donors (Lipinski definition) is 0. The van der Waals surface area contributed by atoms with Gasteiger partial charge in [0, 0.05) is 12.4 Å². The van der Waals surface area contributed by atoms with Crippen LogP contribution < -0.4 is 0 Å². The number of allylic oxidation sites excluding steroid dienone is 1. The van der Waals surface area contributed by atoms with Crippen LogP contribution in [-0.2, 0) is 7.05 Å². The van der Waals surface area contributed by atoms with Crippen LogP contribution in [0.25, 0.3) is 16.6 Å². The molecule has 0 saturated heterocycles. The summed E-state index contributed by atoms with van der Waals surface area (Å²) in [6.45, 7) is 3.98. The van der Waals surface area contributed by atoms with E-state index < -0.39 is 0 Å². The highest BCUT2D eigenvalue weighted by molar-refractivity contribution is 9.09. The van der Waals surface area contributed by atoms with Crippen molar-refractivity contribution in [2.24, 2.45) is 7.05 Å². The van der Waals surface area contributed by atoms with E-state index in [1.807, 2.05) is 17.9 Å². The predicted octanol–water partition coefficient (Wildman–Crippen LogP) is 2.98. The highest BCUT2D eigenvalue weighted by atomic mass is 79.9. The summed E-state index contributed by atoms with van der Waals surface area (Å²) in [5, 5.41) is 0.797. The van der Waals surface area contributed by atoms with Gasteiger partial charge in [0.15, 0.2) is 0 Å². The van der Waals surface area contributed by atoms with Crippen molar-refractivity contribution in [3.8, 4) is 0 Å². The highest BCUT2D eigenvalue weighted by Crippen LogP contribution is 2.19. The summed E-state index contributed by atoms with van der Waals surface area (Å²) in [6.07, 6.45) is 1.82. The van der Waals surface area contributed by atoms with Crippen LogP contribution in [-0.4, -0.2) is 14.9 Å². The van der Waals surface area contributed by atoms with Crippen molar-refractivity contribution < 1.29 is 0 Å². The molecule has 1 aromatic carbocycles. The van der Waals surface area contributed by atoms with Crippen LogP contribution in [0.4, 0.5) is 0 Å². The molecule has 0 saturated carbocycles. The number of benzene rings is 1. The number of halogens is 1. The first-order valence-corrected chi connectivity index (χ1v) is 5.49. The molecule has 0 atom stereocenters. The van der Waals surface area contributed by atoms with Crippen LogP contribution in [0.1, 0.15) is 5.56 Å². The Hall–Kier alpha value is -1.09. The summed E-state index contributed by atoms with van der Waals surface area (Å²) in [5.74, 6) is 0. The summed E-state index contributed by atoms with van der Waals surface area (Å²) in [7, 11) is 1.99. The number of nitrogens with zero attached hydrogens (tertiary/aromatic N) is 2. The first-order valence-electron chi connectivity index (χ1n) is 4.37. The van der Waals surface area contributed by atoms with E-state index in [0.29, 0.717) is 0 Å². The molecule has 1 heterocycles. The molecular weight excluding hydrogens is 240 g/mol. The van der Waals surface area contributed by atoms with E-state index in [-0.39, 0.29) is 0 Å². The zero-order valence-electron chi connectivity index (χ0n) is 8.00. The third kappa shape index (κ3) is 1.48. The van der Waals surface area contributed by atoms with E-state index in [4.69, 9.17) is 0 Å². The van der Waals surface area contributed by atoms with Crippen molar-refractivity contribution in [3.05, 3.63) is 36.7 Å². The number of fused-ring (bicyclic) bond motifs is 1. The molecule has 0 bridgehead atoms. The van der Waals surface area contributed by atoms with E-state index in [0.717, 1.165) is 27.5 Å². The third-order valence-electron chi connectivity index (χ3n) is 2.29. The third-order valence-corrected chi connectivity index (χ3v) is 2.97. The fraction of sp³-hybridized carbons (Fsp3) is 0.182. The van der Waals surface area contributed by atoms with Gasteiger partial charge >= 0.3 is 0 Å². The van der Waals surface area contributed by atoms with Gasteiger partial charge in [0.25, 0.3) is 0 Å². The quantitative estimate of drug-likeness (QED) is 0.750. The Bertz CT molecular complexity index is 485. The van der Waals surface area contributed by atoms with Gasteiger partial charge in [-0.05, 0) is 23.3 Å². The summed E-state index contributed by atoms with van der Waals surface area (Å²) in [6, 6.07) is 6.22. The molecule has 0 aliphatic rings. The van der Waals surface area contributed by atoms with E-state index >= 15 is 0 Å². The minimum Gasteiger partial charge on any atom is -0.334 e. The Morgan fingerprint density at radius 1 is 1.57 bits per heavy atom. The topological polar surface area (TPSA) is 17.8 Å². The average molecular weight is 251 g/mol. The second-order valence-corrected chi connectivity index (χ2v) is 3.86. The lowest BCUT2D eigenvalue weighted by molar-refractivity contribution is 0.947. The number of aromatic nitrogens is 2. The van der Waals surface area contributed by atoms with Crippen LogP contribution in [0.15, 0.2) is 31.1 Å². The van der Waals surface area contributed by atoms with Crippen molar-refractivity contribution in [3.63, 3.8) is 0 Å². The standard InChI is InChI=1S/C11H11BrN2/c1-8(6-12)9-3-4-11-10(5-9)13-7-14(11)2/h3-5,7H,1,6H2,2H3. The van der Waals surface area contributed by atoms with Gasteiger partial charge in [-0.1, -0.05) is 28.6 Å². The number of hydrogen-bond acceptors (Lipinski definition) is 1. The summed E-state index contributed by atoms with van der Waals surface area (Å²) < 4.78 is 2.01. The minimum atomic E-state index is 0.797. The minimum absolute atomic E-state index is 0.797. The van der Waals surface area contributed by atoms with Crippen molar-refractivity contribution in [1.29, 1.82) is 0 Å². The van der Waals surface area contributed by atoms with Crippen molar-refractivity contribution in [2.75, 3.05) is 5.33 Å². The zero-order chi connectivity index (χ0) is 10.1. The molecule has 0 fully saturated rings. The van der Waals surface area contributed by atoms with E-state index in [2.05, 4.69) is 45.7 Å². The van der Waals surface area contributed by atoms with Crippen molar-refractivity contribution >= 4 is 32.5 Å². The summed E-state index contributed by atoms with van der Waals surface area (Å²) in [4.78, 5) is 4.30. The van der Waals surface area contributed by atoms with Gasteiger partial charge in [0.05, 0.1) is 17.4 Å². The van der Waals surface area contributed by atoms with Gasteiger partial charge < -0.3 is 4.57 Å². The van der Waals surface area contributed by atoms with Crippen LogP contribution in [0.3, 0.4) is 0 Å². The summed E-state index contributed by atoms with van der Waals surface area (Å²) in [5.41, 5.74) is 4.40. The Morgan fingerprint density at radius 3 is 3.07 bits per heavy atom. The van der Waals surface area contributed by atoms with Crippen LogP contribution in [0, 0.1) is 0 Å². The Balaban J connectivity index is 2.57. The van der Waals surface area contributed by atoms with Crippen LogP contribution in [0.2, 0.25) is 0 Å². The molecule has 14 heavy (non-hydrogen) atoms. The molecule has 2 aromatic rings. The van der Waals surface area contributed by atoms with E-state index in [1.54, 1.807) is 0 Å². The predicted molar refractivity (Wildman–Crippen MR) is 63.5 cm³/mol. The van der Waals surface area contributed by atoms with E-state index in [9.17, 15) is 0 Å². The first-order chi connectivity index (χ1) is 6.72. The fourth-order valence-electron chi connectivity index (χ4n) is 1.43. The summed E-state index contributed by atoms with van der Waals surface area (Å²) >= 11 is 3.40. The molecule has 0 amide bonds. The molecule has 0 aliphatic heterocycles. The number of imidazole rings is 1. The van der Waals surface area contributed by atoms with Crippen LogP contribution in [0.5, 0.6) is 0 Å². The lowest BCUT2D eigenvalue weighted by Gasteiger charge is -2.01. The monoisotopic (exact) mass is 250 g/mol. The number of rotatable bonds is 2. The van der Waals surface area contributed by atoms with Gasteiger partial charge in [0.1, 0.15) is 0 Å². The van der Waals surface area contributed by atoms with Gasteiger partial charge in [-0.2, -0.15) is 0 Å². The second kappa shape index (κ2) is 3.58. The zero-order valence-corrected chi connectivity index (χ0v) is 9.58. The normalized spacial score (nSPS) is 10.7. The Morgan fingerprint density at radius 2 is 2.36 bits per heavy atom. The molecule has 1 aromatic heterocycles. The maximum atomic E-state index is 4.30. The molecule has 0 aliphatic carbocycles. The molecule has 72 valence electrons. The molecule has 3 heteroatoms. The smallest absolute Gasteiger partial charge is 0.0955 e. The van der Waals surface area contributed by atoms with Crippen LogP contribution >= 0.6 is 15.9 Å². The number of alkyl halides is 1. The highest BCUT2D eigenvalue weighted by Gasteiger charge is 2.02. The fourth-order valence-corrected chi connectivity index (χ4v) is 1.76. The molecule has 2 rings (SSSR count). The number of aryl methyl sites for hydroxylation is 1. The molecule has 0 radical (unpaired) electrons. The molecule has 0 unspecified atom stereocenters. The van der Waals surface area contributed by atoms with Gasteiger partial charge in [-0.25, -0.2) is 4.98 Å². The maximum Gasteiger partial charge on any atom is 0.0955 e. The first kappa shape index (κ1) is 9.46. The molecule has 0 N–H and O–H groups in total. The van der Waals surface area contributed by atoms with Crippen molar-refractivity contribution in [1.82, 2.24) is 9.55 Å². The second-order valence-electron chi connectivity index (χ2n) is 3.30. The molecule has 0 spiro atoms. The lowest BCUT2D eigenvalue weighted by atomic mass is 10.1. The largest absolute Gasteiger partial charge is 0.334 e. The van der Waals surface area contributed by atoms with Gasteiger partial charge in [-0.3, -0.25) is 0 Å². The Labute approximate surface area is 91.4 Å². The average Bonchev–Trinajstić information content (AvgIpc) is 2.59. The lowest BCUT2D eigenvalue weighted by Crippen LogP contribution is -1.86.